The van der Waals surface area contributed by atoms with Gasteiger partial charge in [0.15, 0.2) is 27.3 Å². The lowest BCUT2D eigenvalue weighted by atomic mass is 9.53. The first-order chi connectivity index (χ1) is 19.2. The van der Waals surface area contributed by atoms with E-state index in [0.29, 0.717) is 18.6 Å². The molecule has 2 aromatic carbocycles. The third kappa shape index (κ3) is 5.99. The van der Waals surface area contributed by atoms with Crippen molar-refractivity contribution in [3.05, 3.63) is 58.4 Å². The molecule has 41 heavy (non-hydrogen) atoms. The van der Waals surface area contributed by atoms with E-state index in [1.807, 2.05) is 0 Å². The maximum Gasteiger partial charge on any atom is 0.407 e. The highest BCUT2D eigenvalue weighted by atomic mass is 35.5. The van der Waals surface area contributed by atoms with E-state index in [4.69, 9.17) is 11.6 Å². The minimum absolute atomic E-state index is 0.0715. The number of carbonyl (C=O) groups excluding carboxylic acids is 3. The Labute approximate surface area is 238 Å². The second kappa shape index (κ2) is 11.5. The number of methoxy groups -OCH3 is 1. The average Bonchev–Trinajstić information content (AvgIpc) is 2.94. The van der Waals surface area contributed by atoms with Crippen LogP contribution in [0.25, 0.3) is 0 Å². The van der Waals surface area contributed by atoms with Crippen molar-refractivity contribution < 1.29 is 45.8 Å². The normalized spacial score (nSPS) is 24.0. The molecule has 10 nitrogen and oxygen atoms in total. The van der Waals surface area contributed by atoms with Crippen molar-refractivity contribution in [3.8, 4) is 0 Å². The highest BCUT2D eigenvalue weighted by Gasteiger charge is 2.60. The van der Waals surface area contributed by atoms with Crippen LogP contribution >= 0.6 is 11.6 Å². The van der Waals surface area contributed by atoms with E-state index in [2.05, 4.69) is 20.7 Å². The lowest BCUT2D eigenvalue weighted by Gasteiger charge is -2.58. The van der Waals surface area contributed by atoms with Crippen LogP contribution in [-0.2, 0) is 19.4 Å². The Morgan fingerprint density at radius 2 is 1.71 bits per heavy atom. The third-order valence-electron chi connectivity index (χ3n) is 7.72. The smallest absolute Gasteiger partial charge is 0.407 e. The van der Waals surface area contributed by atoms with Crippen LogP contribution in [0.15, 0.2) is 35.2 Å². The van der Waals surface area contributed by atoms with Crippen molar-refractivity contribution in [2.24, 2.45) is 11.8 Å². The maximum absolute atomic E-state index is 13.6. The largest absolute Gasteiger partial charge is 0.453 e. The van der Waals surface area contributed by atoms with Crippen LogP contribution in [0.2, 0.25) is 5.02 Å². The standard InChI is InChI=1S/C26H27ClF3N3O7S/c1-12(32-25(36)40-2)23(34)31-11-26(37)14-6-15(26)8-17(7-14)41(38,39)21-5-13(3-4-18(21)27)24(35)33-16-9-19(28)22(30)20(29)10-16/h3-5,9-10,12,14-15,17,37H,6-8,11H2,1-2H3,(H,31,34)(H,32,36)(H,33,35)/t12-,14?,15?,17-,26-/m1/s1. The van der Waals surface area contributed by atoms with Crippen LogP contribution in [0.4, 0.5) is 23.7 Å². The van der Waals surface area contributed by atoms with Gasteiger partial charge in [0.2, 0.25) is 5.91 Å². The molecule has 0 spiro atoms. The second-order valence-electron chi connectivity index (χ2n) is 10.2. The Hall–Kier alpha value is -3.36. The van der Waals surface area contributed by atoms with Gasteiger partial charge >= 0.3 is 6.09 Å². The predicted molar refractivity (Wildman–Crippen MR) is 140 cm³/mol. The fourth-order valence-electron chi connectivity index (χ4n) is 5.35. The summed E-state index contributed by atoms with van der Waals surface area (Å²) in [5, 5.41) is 17.2. The number of benzene rings is 2. The molecule has 0 aliphatic heterocycles. The quantitative estimate of drug-likeness (QED) is 0.332. The minimum atomic E-state index is -4.10. The van der Waals surface area contributed by atoms with Crippen LogP contribution in [0.1, 0.15) is 36.5 Å². The van der Waals surface area contributed by atoms with Crippen molar-refractivity contribution in [3.63, 3.8) is 0 Å². The zero-order chi connectivity index (χ0) is 30.3. The molecule has 3 saturated carbocycles. The molecule has 2 aromatic rings. The lowest BCUT2D eigenvalue weighted by molar-refractivity contribution is -0.174. The molecule has 3 aliphatic carbocycles. The molecular weight excluding hydrogens is 591 g/mol. The number of ether oxygens (including phenoxy) is 1. The molecule has 0 saturated heterocycles. The number of halogens is 4. The van der Waals surface area contributed by atoms with Crippen molar-refractivity contribution in [1.82, 2.24) is 10.6 Å². The van der Waals surface area contributed by atoms with Gasteiger partial charge in [0.1, 0.15) is 6.04 Å². The molecular formula is C26H27ClF3N3O7S. The molecule has 2 bridgehead atoms. The fourth-order valence-corrected chi connectivity index (χ4v) is 7.76. The van der Waals surface area contributed by atoms with Gasteiger partial charge in [-0.05, 0) is 56.2 Å². The Morgan fingerprint density at radius 1 is 1.10 bits per heavy atom. The third-order valence-corrected chi connectivity index (χ3v) is 10.4. The molecule has 222 valence electrons. The van der Waals surface area contributed by atoms with Gasteiger partial charge in [-0.3, -0.25) is 9.59 Å². The first-order valence-electron chi connectivity index (χ1n) is 12.5. The molecule has 3 fully saturated rings. The summed E-state index contributed by atoms with van der Waals surface area (Å²) < 4.78 is 71.9. The Bertz CT molecular complexity index is 1470. The van der Waals surface area contributed by atoms with E-state index in [1.54, 1.807) is 0 Å². The van der Waals surface area contributed by atoms with Crippen molar-refractivity contribution in [2.75, 3.05) is 19.0 Å². The van der Waals surface area contributed by atoms with E-state index in [1.165, 1.54) is 19.1 Å². The number of anilines is 1. The van der Waals surface area contributed by atoms with Crippen LogP contribution in [0.3, 0.4) is 0 Å². The maximum atomic E-state index is 13.6. The van der Waals surface area contributed by atoms with Gasteiger partial charge in [0.05, 0.1) is 27.9 Å². The van der Waals surface area contributed by atoms with E-state index in [9.17, 15) is 41.1 Å². The Morgan fingerprint density at radius 3 is 2.29 bits per heavy atom. The lowest BCUT2D eigenvalue weighted by Crippen LogP contribution is -2.66. The van der Waals surface area contributed by atoms with Gasteiger partial charge < -0.3 is 25.8 Å². The van der Waals surface area contributed by atoms with Crippen molar-refractivity contribution in [2.45, 2.75) is 48.0 Å². The number of fused-ring (bicyclic) bond motifs is 2. The summed E-state index contributed by atoms with van der Waals surface area (Å²) in [6.45, 7) is 1.30. The molecule has 15 heteroatoms. The number of nitrogens with one attached hydrogen (secondary N) is 3. The summed E-state index contributed by atoms with van der Waals surface area (Å²) in [7, 11) is -2.94. The first-order valence-corrected chi connectivity index (χ1v) is 14.4. The number of hydrogen-bond donors (Lipinski definition) is 4. The minimum Gasteiger partial charge on any atom is -0.453 e. The molecule has 0 heterocycles. The van der Waals surface area contributed by atoms with Gasteiger partial charge in [-0.1, -0.05) is 11.6 Å². The summed E-state index contributed by atoms with van der Waals surface area (Å²) in [6, 6.07) is 3.71. The Balaban J connectivity index is 1.44. The average molecular weight is 618 g/mol. The zero-order valence-electron chi connectivity index (χ0n) is 21.8. The van der Waals surface area contributed by atoms with E-state index in [0.717, 1.165) is 13.2 Å². The van der Waals surface area contributed by atoms with Gasteiger partial charge in [-0.15, -0.1) is 0 Å². The van der Waals surface area contributed by atoms with Crippen molar-refractivity contribution in [1.29, 1.82) is 0 Å². The van der Waals surface area contributed by atoms with E-state index in [-0.39, 0.29) is 40.6 Å². The van der Waals surface area contributed by atoms with E-state index >= 15 is 0 Å². The number of hydrogen-bond acceptors (Lipinski definition) is 7. The Kier molecular flexibility index (Phi) is 8.58. The summed E-state index contributed by atoms with van der Waals surface area (Å²) >= 11 is 6.20. The predicted octanol–water partition coefficient (Wildman–Crippen LogP) is 3.17. The summed E-state index contributed by atoms with van der Waals surface area (Å²) in [4.78, 5) is 36.0. The molecule has 4 N–H and O–H groups in total. The van der Waals surface area contributed by atoms with Gasteiger partial charge in [-0.2, -0.15) is 0 Å². The number of aliphatic hydroxyl groups is 1. The van der Waals surface area contributed by atoms with E-state index < -0.39 is 73.9 Å². The van der Waals surface area contributed by atoms with Crippen LogP contribution in [0, 0.1) is 29.3 Å². The summed E-state index contributed by atoms with van der Waals surface area (Å²) in [5.74, 6) is -7.07. The van der Waals surface area contributed by atoms with Crippen LogP contribution in [0.5, 0.6) is 0 Å². The molecule has 5 rings (SSSR count). The molecule has 2 unspecified atom stereocenters. The van der Waals surface area contributed by atoms with Crippen LogP contribution in [-0.4, -0.2) is 62.0 Å². The topological polar surface area (TPSA) is 151 Å². The number of amides is 3. The number of sulfone groups is 1. The molecule has 3 amide bonds. The second-order valence-corrected chi connectivity index (χ2v) is 12.8. The number of carbonyl (C=O) groups is 3. The number of alkyl carbamates (subject to hydrolysis) is 1. The summed E-state index contributed by atoms with van der Waals surface area (Å²) in [5.41, 5.74) is -1.88. The van der Waals surface area contributed by atoms with Gasteiger partial charge in [0.25, 0.3) is 5.91 Å². The highest BCUT2D eigenvalue weighted by Crippen LogP contribution is 2.55. The van der Waals surface area contributed by atoms with Crippen molar-refractivity contribution >= 4 is 45.0 Å². The monoisotopic (exact) mass is 617 g/mol. The van der Waals surface area contributed by atoms with Gasteiger partial charge in [-0.25, -0.2) is 26.4 Å². The first kappa shape index (κ1) is 30.6. The fraction of sp³-hybridized carbons (Fsp3) is 0.423. The summed E-state index contributed by atoms with van der Waals surface area (Å²) in [6.07, 6.45) is -0.0993. The van der Waals surface area contributed by atoms with Crippen LogP contribution < -0.4 is 16.0 Å². The molecule has 0 radical (unpaired) electrons. The highest BCUT2D eigenvalue weighted by molar-refractivity contribution is 7.92. The SMILES string of the molecule is COC(=O)N[C@H](C)C(=O)NC[C@]1(O)C2CC1C[C@@H](S(=O)(=O)c1cc(C(=O)Nc3cc(F)c(F)c(F)c3)ccc1Cl)C2. The molecule has 3 atom stereocenters. The zero-order valence-corrected chi connectivity index (χ0v) is 23.4. The number of rotatable bonds is 8. The molecule has 3 aliphatic rings. The van der Waals surface area contributed by atoms with Gasteiger partial charge in [0, 0.05) is 29.9 Å². The molecule has 0 aromatic heterocycles.